The monoisotopic (exact) mass is 298 g/mol. The van der Waals surface area contributed by atoms with Gasteiger partial charge in [0, 0.05) is 19.0 Å². The van der Waals surface area contributed by atoms with Crippen molar-refractivity contribution in [1.29, 1.82) is 0 Å². The summed E-state index contributed by atoms with van der Waals surface area (Å²) in [6.07, 6.45) is 1.45. The van der Waals surface area contributed by atoms with Crippen LogP contribution in [0.15, 0.2) is 30.3 Å². The van der Waals surface area contributed by atoms with Gasteiger partial charge in [-0.2, -0.15) is 0 Å². The molecule has 1 fully saturated rings. The summed E-state index contributed by atoms with van der Waals surface area (Å²) in [6, 6.07) is 9.25. The Kier molecular flexibility index (Phi) is 4.54. The number of hydrogen-bond donors (Lipinski definition) is 1. The van der Waals surface area contributed by atoms with E-state index in [2.05, 4.69) is 0 Å². The van der Waals surface area contributed by atoms with Crippen molar-refractivity contribution in [3.8, 4) is 0 Å². The van der Waals surface area contributed by atoms with E-state index >= 15 is 0 Å². The fourth-order valence-corrected chi connectivity index (χ4v) is 4.09. The predicted octanol–water partition coefficient (Wildman–Crippen LogP) is 1.51. The Morgan fingerprint density at radius 2 is 1.84 bits per heavy atom. The van der Waals surface area contributed by atoms with Gasteiger partial charge in [-0.25, -0.2) is 12.7 Å². The topological polar surface area (TPSA) is 63.4 Å². The van der Waals surface area contributed by atoms with E-state index < -0.39 is 10.0 Å². The number of hydrogen-bond acceptors (Lipinski definition) is 3. The van der Waals surface area contributed by atoms with Crippen molar-refractivity contribution in [2.75, 3.05) is 13.1 Å². The fourth-order valence-electron chi connectivity index (χ4n) is 2.29. The SMILES string of the molecule is NC(=S)C1CCN(S(=O)(=O)Cc2ccccc2)CC1. The van der Waals surface area contributed by atoms with E-state index in [1.165, 1.54) is 0 Å². The number of thiocarbonyl (C=S) groups is 1. The molecule has 104 valence electrons. The average molecular weight is 298 g/mol. The second-order valence-corrected chi connectivity index (χ2v) is 7.26. The maximum Gasteiger partial charge on any atom is 0.218 e. The van der Waals surface area contributed by atoms with Gasteiger partial charge in [-0.3, -0.25) is 0 Å². The number of sulfonamides is 1. The molecule has 0 amide bonds. The van der Waals surface area contributed by atoms with Crippen LogP contribution in [-0.4, -0.2) is 30.8 Å². The van der Waals surface area contributed by atoms with Gasteiger partial charge in [0.15, 0.2) is 0 Å². The molecule has 6 heteroatoms. The smallest absolute Gasteiger partial charge is 0.218 e. The van der Waals surface area contributed by atoms with E-state index in [4.69, 9.17) is 18.0 Å². The standard InChI is InChI=1S/C13H18N2O2S2/c14-13(18)12-6-8-15(9-7-12)19(16,17)10-11-4-2-1-3-5-11/h1-5,12H,6-10H2,(H2,14,18). The molecule has 0 radical (unpaired) electrons. The molecule has 0 bridgehead atoms. The molecule has 1 aliphatic rings. The lowest BCUT2D eigenvalue weighted by molar-refractivity contribution is 0.316. The number of rotatable bonds is 4. The molecule has 1 aromatic rings. The molecule has 0 atom stereocenters. The van der Waals surface area contributed by atoms with Gasteiger partial charge in [0.2, 0.25) is 10.0 Å². The number of nitrogens with zero attached hydrogens (tertiary/aromatic N) is 1. The van der Waals surface area contributed by atoms with Gasteiger partial charge in [0.05, 0.1) is 10.7 Å². The van der Waals surface area contributed by atoms with Crippen LogP contribution < -0.4 is 5.73 Å². The van der Waals surface area contributed by atoms with E-state index in [-0.39, 0.29) is 11.7 Å². The van der Waals surface area contributed by atoms with E-state index in [9.17, 15) is 8.42 Å². The van der Waals surface area contributed by atoms with Crippen LogP contribution in [0.2, 0.25) is 0 Å². The minimum atomic E-state index is -3.24. The second-order valence-electron chi connectivity index (χ2n) is 4.82. The molecule has 0 aliphatic carbocycles. The van der Waals surface area contributed by atoms with Crippen molar-refractivity contribution in [2.45, 2.75) is 18.6 Å². The fraction of sp³-hybridized carbons (Fsp3) is 0.462. The van der Waals surface area contributed by atoms with Gasteiger partial charge in [-0.15, -0.1) is 0 Å². The van der Waals surface area contributed by atoms with Gasteiger partial charge >= 0.3 is 0 Å². The molecule has 19 heavy (non-hydrogen) atoms. The molecule has 2 rings (SSSR count). The Bertz CT molecular complexity index is 535. The lowest BCUT2D eigenvalue weighted by Gasteiger charge is -2.30. The first-order valence-electron chi connectivity index (χ1n) is 6.30. The highest BCUT2D eigenvalue weighted by atomic mass is 32.2. The summed E-state index contributed by atoms with van der Waals surface area (Å²) < 4.78 is 26.1. The Morgan fingerprint density at radius 3 is 2.37 bits per heavy atom. The molecule has 1 aromatic carbocycles. The maximum atomic E-state index is 12.3. The third kappa shape index (κ3) is 3.75. The molecule has 4 nitrogen and oxygen atoms in total. The maximum absolute atomic E-state index is 12.3. The average Bonchev–Trinajstić information content (AvgIpc) is 2.39. The Hall–Kier alpha value is -0.980. The Morgan fingerprint density at radius 1 is 1.26 bits per heavy atom. The van der Waals surface area contributed by atoms with E-state index in [1.54, 1.807) is 4.31 Å². The van der Waals surface area contributed by atoms with Crippen LogP contribution in [0.25, 0.3) is 0 Å². The molecule has 1 heterocycles. The third-order valence-corrected chi connectivity index (χ3v) is 5.62. The van der Waals surface area contributed by atoms with Gasteiger partial charge in [0.25, 0.3) is 0 Å². The summed E-state index contributed by atoms with van der Waals surface area (Å²) in [7, 11) is -3.24. The quantitative estimate of drug-likeness (QED) is 0.856. The number of piperidine rings is 1. The largest absolute Gasteiger partial charge is 0.393 e. The highest BCUT2D eigenvalue weighted by Gasteiger charge is 2.28. The zero-order valence-electron chi connectivity index (χ0n) is 10.7. The van der Waals surface area contributed by atoms with Crippen LogP contribution in [0.3, 0.4) is 0 Å². The van der Waals surface area contributed by atoms with Gasteiger partial charge in [0.1, 0.15) is 0 Å². The summed E-state index contributed by atoms with van der Waals surface area (Å²) in [6.45, 7) is 1.02. The second kappa shape index (κ2) is 5.98. The summed E-state index contributed by atoms with van der Waals surface area (Å²) in [5, 5.41) is 0. The van der Waals surface area contributed by atoms with E-state index in [0.29, 0.717) is 18.1 Å². The van der Waals surface area contributed by atoms with Crippen LogP contribution in [0.4, 0.5) is 0 Å². The molecule has 1 aliphatic heterocycles. The summed E-state index contributed by atoms with van der Waals surface area (Å²) >= 11 is 4.96. The molecule has 0 spiro atoms. The van der Waals surface area contributed by atoms with Crippen molar-refractivity contribution in [2.24, 2.45) is 11.7 Å². The zero-order chi connectivity index (χ0) is 13.9. The molecular formula is C13H18N2O2S2. The van der Waals surface area contributed by atoms with E-state index in [0.717, 1.165) is 18.4 Å². The third-order valence-electron chi connectivity index (χ3n) is 3.44. The molecule has 0 unspecified atom stereocenters. The highest BCUT2D eigenvalue weighted by Crippen LogP contribution is 2.21. The van der Waals surface area contributed by atoms with E-state index in [1.807, 2.05) is 30.3 Å². The van der Waals surface area contributed by atoms with Gasteiger partial charge in [-0.05, 0) is 18.4 Å². The van der Waals surface area contributed by atoms with Crippen molar-refractivity contribution in [3.05, 3.63) is 35.9 Å². The minimum Gasteiger partial charge on any atom is -0.393 e. The van der Waals surface area contributed by atoms with Crippen LogP contribution in [-0.2, 0) is 15.8 Å². The van der Waals surface area contributed by atoms with Crippen LogP contribution >= 0.6 is 12.2 Å². The first-order chi connectivity index (χ1) is 8.99. The Balaban J connectivity index is 2.00. The molecule has 0 saturated carbocycles. The van der Waals surface area contributed by atoms with Crippen molar-refractivity contribution in [3.63, 3.8) is 0 Å². The normalized spacial score (nSPS) is 18.3. The molecule has 1 saturated heterocycles. The summed E-state index contributed by atoms with van der Waals surface area (Å²) in [5.41, 5.74) is 6.43. The first kappa shape index (κ1) is 14.4. The minimum absolute atomic E-state index is 0.0611. The van der Waals surface area contributed by atoms with Gasteiger partial charge in [-0.1, -0.05) is 42.5 Å². The van der Waals surface area contributed by atoms with Crippen molar-refractivity contribution < 1.29 is 8.42 Å². The van der Waals surface area contributed by atoms with Crippen molar-refractivity contribution in [1.82, 2.24) is 4.31 Å². The lowest BCUT2D eigenvalue weighted by atomic mass is 9.98. The predicted molar refractivity (Wildman–Crippen MR) is 80.1 cm³/mol. The molecule has 0 aromatic heterocycles. The lowest BCUT2D eigenvalue weighted by Crippen LogP contribution is -2.41. The van der Waals surface area contributed by atoms with Crippen LogP contribution in [0.5, 0.6) is 0 Å². The van der Waals surface area contributed by atoms with Gasteiger partial charge < -0.3 is 5.73 Å². The van der Waals surface area contributed by atoms with Crippen LogP contribution in [0.1, 0.15) is 18.4 Å². The van der Waals surface area contributed by atoms with Crippen molar-refractivity contribution >= 4 is 27.2 Å². The highest BCUT2D eigenvalue weighted by molar-refractivity contribution is 7.88. The number of benzene rings is 1. The first-order valence-corrected chi connectivity index (χ1v) is 8.32. The molecule has 2 N–H and O–H groups in total. The molecular weight excluding hydrogens is 280 g/mol. The number of nitrogens with two attached hydrogens (primary N) is 1. The zero-order valence-corrected chi connectivity index (χ0v) is 12.3. The summed E-state index contributed by atoms with van der Waals surface area (Å²) in [4.78, 5) is 0.500. The van der Waals surface area contributed by atoms with Crippen LogP contribution in [0, 0.1) is 5.92 Å². The summed E-state index contributed by atoms with van der Waals surface area (Å²) in [5.74, 6) is 0.240. The Labute approximate surface area is 119 Å².